The van der Waals surface area contributed by atoms with Crippen LogP contribution in [0, 0.1) is 0 Å². The highest BCUT2D eigenvalue weighted by Crippen LogP contribution is 2.54. The van der Waals surface area contributed by atoms with E-state index >= 15 is 0 Å². The molecule has 1 fully saturated rings. The van der Waals surface area contributed by atoms with E-state index in [-0.39, 0.29) is 0 Å². The Morgan fingerprint density at radius 2 is 1.86 bits per heavy atom. The molecule has 0 radical (unpaired) electrons. The van der Waals surface area contributed by atoms with E-state index in [0.717, 1.165) is 23.0 Å². The van der Waals surface area contributed by atoms with E-state index in [9.17, 15) is 5.11 Å². The van der Waals surface area contributed by atoms with Gasteiger partial charge in [0.2, 0.25) is 0 Å². The number of pyridine rings is 1. The highest BCUT2D eigenvalue weighted by molar-refractivity contribution is 6.31. The van der Waals surface area contributed by atoms with Crippen LogP contribution in [0.15, 0.2) is 54.6 Å². The Hall–Kier alpha value is -2.06. The minimum absolute atomic E-state index is 0.330. The van der Waals surface area contributed by atoms with Gasteiger partial charge in [0.1, 0.15) is 5.75 Å². The number of halogens is 1. The number of rotatable bonds is 2. The zero-order valence-electron chi connectivity index (χ0n) is 11.3. The number of fused-ring (bicyclic) bond motifs is 1. The van der Waals surface area contributed by atoms with Crippen LogP contribution in [0.4, 0.5) is 0 Å². The summed E-state index contributed by atoms with van der Waals surface area (Å²) in [5.41, 5.74) is 3.24. The van der Waals surface area contributed by atoms with E-state index in [4.69, 9.17) is 16.6 Å². The third-order valence-corrected chi connectivity index (χ3v) is 4.38. The van der Waals surface area contributed by atoms with Crippen molar-refractivity contribution in [3.05, 3.63) is 70.9 Å². The second kappa shape index (κ2) is 4.74. The minimum atomic E-state index is 0.330. The number of aromatic hydroxyl groups is 1. The third kappa shape index (κ3) is 2.36. The van der Waals surface area contributed by atoms with Crippen LogP contribution in [0.25, 0.3) is 10.9 Å². The maximum Gasteiger partial charge on any atom is 0.115 e. The molecule has 21 heavy (non-hydrogen) atoms. The van der Waals surface area contributed by atoms with Crippen molar-refractivity contribution in [2.75, 3.05) is 0 Å². The van der Waals surface area contributed by atoms with Crippen molar-refractivity contribution in [2.24, 2.45) is 0 Å². The van der Waals surface area contributed by atoms with Gasteiger partial charge in [-0.15, -0.1) is 0 Å². The maximum atomic E-state index is 9.59. The first-order valence-corrected chi connectivity index (χ1v) is 7.44. The van der Waals surface area contributed by atoms with Crippen molar-refractivity contribution in [1.82, 2.24) is 4.98 Å². The number of phenols is 1. The Kier molecular flexibility index (Phi) is 2.86. The summed E-state index contributed by atoms with van der Waals surface area (Å²) in [7, 11) is 0. The Morgan fingerprint density at radius 3 is 2.71 bits per heavy atom. The van der Waals surface area contributed by atoms with Crippen molar-refractivity contribution in [1.29, 1.82) is 0 Å². The normalized spacial score (nSPS) is 20.6. The Balaban J connectivity index is 1.66. The fourth-order valence-corrected chi connectivity index (χ4v) is 3.12. The van der Waals surface area contributed by atoms with E-state index in [2.05, 4.69) is 18.2 Å². The fourth-order valence-electron chi connectivity index (χ4n) is 2.96. The van der Waals surface area contributed by atoms with Gasteiger partial charge < -0.3 is 5.11 Å². The molecule has 2 aromatic carbocycles. The largest absolute Gasteiger partial charge is 0.508 e. The van der Waals surface area contributed by atoms with Gasteiger partial charge in [0.05, 0.1) is 5.52 Å². The molecule has 0 spiro atoms. The van der Waals surface area contributed by atoms with Gasteiger partial charge in [-0.05, 0) is 48.2 Å². The maximum absolute atomic E-state index is 9.59. The van der Waals surface area contributed by atoms with Gasteiger partial charge in [-0.25, -0.2) is 0 Å². The van der Waals surface area contributed by atoms with E-state index in [1.54, 1.807) is 6.07 Å². The standard InChI is InChI=1S/C18H14ClNO/c19-13-6-4-11-5-7-17(20-18(11)9-13)16-10-15(16)12-2-1-3-14(21)8-12/h1-9,15-16,21H,10H2. The number of hydrogen-bond acceptors (Lipinski definition) is 2. The summed E-state index contributed by atoms with van der Waals surface area (Å²) in [6, 6.07) is 17.5. The fraction of sp³-hybridized carbons (Fsp3) is 0.167. The van der Waals surface area contributed by atoms with Gasteiger partial charge in [-0.3, -0.25) is 4.98 Å². The van der Waals surface area contributed by atoms with Crippen LogP contribution in [0.3, 0.4) is 0 Å². The molecule has 0 bridgehead atoms. The van der Waals surface area contributed by atoms with Gasteiger partial charge >= 0.3 is 0 Å². The predicted octanol–water partition coefficient (Wildman–Crippen LogP) is 4.86. The van der Waals surface area contributed by atoms with Crippen LogP contribution in [0.5, 0.6) is 5.75 Å². The molecule has 1 aliphatic rings. The Bertz CT molecular complexity index is 830. The van der Waals surface area contributed by atoms with Crippen LogP contribution >= 0.6 is 11.6 Å². The van der Waals surface area contributed by atoms with Gasteiger partial charge in [0.15, 0.2) is 0 Å². The molecule has 104 valence electrons. The monoisotopic (exact) mass is 295 g/mol. The number of benzene rings is 2. The van der Waals surface area contributed by atoms with Crippen molar-refractivity contribution in [3.63, 3.8) is 0 Å². The summed E-state index contributed by atoms with van der Waals surface area (Å²) >= 11 is 6.04. The number of nitrogens with zero attached hydrogens (tertiary/aromatic N) is 1. The summed E-state index contributed by atoms with van der Waals surface area (Å²) < 4.78 is 0. The van der Waals surface area contributed by atoms with E-state index in [0.29, 0.717) is 22.6 Å². The van der Waals surface area contributed by atoms with Crippen LogP contribution in [-0.4, -0.2) is 10.1 Å². The molecular formula is C18H14ClNO. The molecule has 0 saturated heterocycles. The lowest BCUT2D eigenvalue weighted by Crippen LogP contribution is -1.90. The quantitative estimate of drug-likeness (QED) is 0.732. The average molecular weight is 296 g/mol. The molecule has 3 heteroatoms. The zero-order chi connectivity index (χ0) is 14.4. The summed E-state index contributed by atoms with van der Waals surface area (Å²) in [6.07, 6.45) is 1.09. The predicted molar refractivity (Wildman–Crippen MR) is 85.0 cm³/mol. The summed E-state index contributed by atoms with van der Waals surface area (Å²) in [6.45, 7) is 0. The zero-order valence-corrected chi connectivity index (χ0v) is 12.1. The molecule has 2 unspecified atom stereocenters. The molecule has 2 nitrogen and oxygen atoms in total. The molecule has 4 rings (SSSR count). The first kappa shape index (κ1) is 12.7. The van der Waals surface area contributed by atoms with E-state index in [1.807, 2.05) is 30.3 Å². The van der Waals surface area contributed by atoms with E-state index < -0.39 is 0 Å². The molecule has 1 aliphatic carbocycles. The minimum Gasteiger partial charge on any atom is -0.508 e. The summed E-state index contributed by atoms with van der Waals surface area (Å²) in [5.74, 6) is 1.23. The Morgan fingerprint density at radius 1 is 1.00 bits per heavy atom. The molecule has 2 atom stereocenters. The van der Waals surface area contributed by atoms with Gasteiger partial charge in [0.25, 0.3) is 0 Å². The highest BCUT2D eigenvalue weighted by Gasteiger charge is 2.40. The van der Waals surface area contributed by atoms with Crippen LogP contribution < -0.4 is 0 Å². The summed E-state index contributed by atoms with van der Waals surface area (Å²) in [4.78, 5) is 4.75. The lowest BCUT2D eigenvalue weighted by atomic mass is 10.1. The van der Waals surface area contributed by atoms with Crippen LogP contribution in [-0.2, 0) is 0 Å². The molecule has 0 amide bonds. The van der Waals surface area contributed by atoms with Crippen molar-refractivity contribution in [2.45, 2.75) is 18.3 Å². The Labute approximate surface area is 128 Å². The van der Waals surface area contributed by atoms with Crippen molar-refractivity contribution in [3.8, 4) is 5.75 Å². The molecule has 1 saturated carbocycles. The van der Waals surface area contributed by atoms with E-state index in [1.165, 1.54) is 5.56 Å². The average Bonchev–Trinajstić information content (AvgIpc) is 3.27. The second-order valence-electron chi connectivity index (χ2n) is 5.62. The highest BCUT2D eigenvalue weighted by atomic mass is 35.5. The van der Waals surface area contributed by atoms with Crippen molar-refractivity contribution < 1.29 is 5.11 Å². The van der Waals surface area contributed by atoms with Gasteiger partial charge in [0, 0.05) is 22.0 Å². The molecule has 1 aromatic heterocycles. The molecule has 0 aliphatic heterocycles. The summed E-state index contributed by atoms with van der Waals surface area (Å²) in [5, 5.41) is 11.4. The first-order chi connectivity index (χ1) is 10.2. The SMILES string of the molecule is Oc1cccc(C2CC2c2ccc3ccc(Cl)cc3n2)c1. The van der Waals surface area contributed by atoms with Crippen molar-refractivity contribution >= 4 is 22.5 Å². The van der Waals surface area contributed by atoms with Gasteiger partial charge in [-0.1, -0.05) is 35.9 Å². The second-order valence-corrected chi connectivity index (χ2v) is 6.05. The smallest absolute Gasteiger partial charge is 0.115 e. The number of aromatic nitrogens is 1. The molecule has 1 N–H and O–H groups in total. The molecule has 3 aromatic rings. The molecular weight excluding hydrogens is 282 g/mol. The lowest BCUT2D eigenvalue weighted by molar-refractivity contribution is 0.474. The van der Waals surface area contributed by atoms with Crippen LogP contribution in [0.1, 0.15) is 29.5 Å². The number of hydrogen-bond donors (Lipinski definition) is 1. The first-order valence-electron chi connectivity index (χ1n) is 7.06. The third-order valence-electron chi connectivity index (χ3n) is 4.14. The topological polar surface area (TPSA) is 33.1 Å². The number of phenolic OH excluding ortho intramolecular Hbond substituents is 1. The molecule has 1 heterocycles. The van der Waals surface area contributed by atoms with Gasteiger partial charge in [-0.2, -0.15) is 0 Å². The lowest BCUT2D eigenvalue weighted by Gasteiger charge is -2.04. The van der Waals surface area contributed by atoms with Crippen LogP contribution in [0.2, 0.25) is 5.02 Å².